The van der Waals surface area contributed by atoms with Crippen LogP contribution in [-0.4, -0.2) is 0 Å². The van der Waals surface area contributed by atoms with Gasteiger partial charge in [-0.2, -0.15) is 0 Å². The molecule has 3 nitrogen and oxygen atoms in total. The van der Waals surface area contributed by atoms with Crippen molar-refractivity contribution in [2.45, 2.75) is 0 Å². The second-order valence-electron chi connectivity index (χ2n) is 0.589. The molecular weight excluding hydrogens is 195 g/mol. The third-order valence-electron chi connectivity index (χ3n) is 0.214. The molecule has 0 saturated carbocycles. The zero-order valence-corrected chi connectivity index (χ0v) is 9.20. The molecule has 0 aromatic carbocycles. The fourth-order valence-electron chi connectivity index (χ4n) is 0.0340. The van der Waals surface area contributed by atoms with Crippen molar-refractivity contribution in [3.05, 3.63) is 0 Å². The van der Waals surface area contributed by atoms with E-state index in [2.05, 4.69) is 7.43 Å². The normalized spacial score (nSPS) is 14.5. The minimum absolute atomic E-state index is 0. The van der Waals surface area contributed by atoms with Crippen LogP contribution in [0.2, 0.25) is 0 Å². The van der Waals surface area contributed by atoms with Crippen LogP contribution in [0.25, 0.3) is 0 Å². The molecule has 1 rings (SSSR count). The third kappa shape index (κ3) is 6.00. The summed E-state index contributed by atoms with van der Waals surface area (Å²) in [6.45, 7) is 0. The van der Waals surface area contributed by atoms with E-state index in [1.54, 1.807) is 0 Å². The summed E-state index contributed by atoms with van der Waals surface area (Å²) in [7, 11) is 0. The van der Waals surface area contributed by atoms with Crippen LogP contribution in [0.1, 0.15) is 0 Å². The molecule has 1 fully saturated rings. The molecule has 1 heterocycles. The Morgan fingerprint density at radius 3 is 1.50 bits per heavy atom. The third-order valence-corrected chi connectivity index (χ3v) is 1.11. The summed E-state index contributed by atoms with van der Waals surface area (Å²) in [5.74, 6) is 0. The van der Waals surface area contributed by atoms with Crippen LogP contribution in [-0.2, 0) is 41.0 Å². The van der Waals surface area contributed by atoms with Crippen molar-refractivity contribution in [3.8, 4) is 0 Å². The van der Waals surface area contributed by atoms with Gasteiger partial charge in [-0.15, -0.1) is 0 Å². The molecule has 6 heteroatoms. The standard InChI is InChI=1S/Na.Ni.O2.O.Zn/c;;1-2;;/q+1;;-2;-1;+2. The molecule has 0 aromatic heterocycles. The first-order valence-corrected chi connectivity index (χ1v) is 4.67. The zero-order chi connectivity index (χ0) is 2.99. The van der Waals surface area contributed by atoms with Crippen molar-refractivity contribution < 1.29 is 74.4 Å². The van der Waals surface area contributed by atoms with Crippen LogP contribution < -0.4 is 33.5 Å². The van der Waals surface area contributed by atoms with Gasteiger partial charge in [0, 0.05) is 16.5 Å². The van der Waals surface area contributed by atoms with Crippen molar-refractivity contribution in [1.82, 2.24) is 0 Å². The van der Waals surface area contributed by atoms with Gasteiger partial charge < -0.3 is 0 Å². The number of hydrogen-bond acceptors (Lipinski definition) is 3. The van der Waals surface area contributed by atoms with Crippen molar-refractivity contribution >= 4 is 0 Å². The first-order valence-electron chi connectivity index (χ1n) is 1.03. The van der Waals surface area contributed by atoms with Gasteiger partial charge in [-0.05, 0) is 0 Å². The van der Waals surface area contributed by atoms with E-state index in [1.807, 2.05) is 0 Å². The number of rotatable bonds is 0. The monoisotopic (exact) mass is 193 g/mol. The molecule has 0 N–H and O–H groups in total. The molecule has 6 heavy (non-hydrogen) atoms. The topological polar surface area (TPSA) is 48.1 Å². The summed E-state index contributed by atoms with van der Waals surface area (Å²) in [6.07, 6.45) is 0. The van der Waals surface area contributed by atoms with Gasteiger partial charge in [-0.3, -0.25) is 0 Å². The van der Waals surface area contributed by atoms with Gasteiger partial charge in [0.05, 0.1) is 0 Å². The second kappa shape index (κ2) is 5.14. The molecule has 0 radical (unpaired) electrons. The van der Waals surface area contributed by atoms with E-state index in [4.69, 9.17) is 0 Å². The molecule has 0 bridgehead atoms. The maximum atomic E-state index is 9.40. The quantitative estimate of drug-likeness (QED) is 0.223. The Kier molecular flexibility index (Phi) is 9.33. The Morgan fingerprint density at radius 2 is 1.50 bits per heavy atom. The maximum absolute atomic E-state index is 9.40. The van der Waals surface area contributed by atoms with Crippen LogP contribution in [0, 0.1) is 0 Å². The summed E-state index contributed by atoms with van der Waals surface area (Å²) >= 11 is -2.62. The van der Waals surface area contributed by atoms with Crippen LogP contribution >= 0.6 is 0 Å². The van der Waals surface area contributed by atoms with Gasteiger partial charge in [-0.1, -0.05) is 0 Å². The summed E-state index contributed by atoms with van der Waals surface area (Å²) in [4.78, 5) is 0. The van der Waals surface area contributed by atoms with Crippen LogP contribution in [0.3, 0.4) is 0 Å². The molecule has 1 aliphatic rings. The first-order chi connectivity index (χ1) is 1.89. The van der Waals surface area contributed by atoms with Crippen LogP contribution in [0.5, 0.6) is 0 Å². The SMILES string of the molecule is [Na+].[Ni].[O-][Zn]1[O][O]1. The molecule has 1 aliphatic heterocycles. The van der Waals surface area contributed by atoms with Gasteiger partial charge in [0.25, 0.3) is 0 Å². The Bertz CT molecular complexity index is 30.0. The van der Waals surface area contributed by atoms with E-state index < -0.39 is 17.0 Å². The second-order valence-corrected chi connectivity index (χ2v) is 3.06. The van der Waals surface area contributed by atoms with Crippen molar-refractivity contribution in [2.24, 2.45) is 0 Å². The molecule has 1 saturated heterocycles. The molecule has 0 aliphatic carbocycles. The first kappa shape index (κ1) is 10.9. The van der Waals surface area contributed by atoms with Crippen LogP contribution in [0.4, 0.5) is 0 Å². The van der Waals surface area contributed by atoms with Gasteiger partial charge in [0.15, 0.2) is 0 Å². The van der Waals surface area contributed by atoms with E-state index in [1.165, 1.54) is 0 Å². The van der Waals surface area contributed by atoms with Gasteiger partial charge in [-0.25, -0.2) is 0 Å². The van der Waals surface area contributed by atoms with E-state index >= 15 is 0 Å². The van der Waals surface area contributed by atoms with Crippen molar-refractivity contribution in [3.63, 3.8) is 0 Å². The molecule has 0 unspecified atom stereocenters. The molecular formula is NaNiO3Zn. The van der Waals surface area contributed by atoms with E-state index in [-0.39, 0.29) is 46.0 Å². The Balaban J connectivity index is 0. The fraction of sp³-hybridized carbons (Fsp3) is 0. The summed E-state index contributed by atoms with van der Waals surface area (Å²) in [5.41, 5.74) is 0. The average Bonchev–Trinajstić information content (AvgIpc) is 1.75. The van der Waals surface area contributed by atoms with Gasteiger partial charge >= 0.3 is 58.0 Å². The Labute approximate surface area is 73.6 Å². The average molecular weight is 195 g/mol. The van der Waals surface area contributed by atoms with E-state index in [0.717, 1.165) is 0 Å². The fourth-order valence-corrected chi connectivity index (χ4v) is 0.919. The van der Waals surface area contributed by atoms with Crippen molar-refractivity contribution in [1.29, 1.82) is 0 Å². The Hall–Kier alpha value is 2.00. The predicted molar refractivity (Wildman–Crippen MR) is 2.17 cm³/mol. The number of hydrogen-bond donors (Lipinski definition) is 0. The predicted octanol–water partition coefficient (Wildman–Crippen LogP) is -4.33. The molecule has 0 spiro atoms. The molecule has 0 amide bonds. The molecule has 0 atom stereocenters. The zero-order valence-electron chi connectivity index (χ0n) is 3.25. The summed E-state index contributed by atoms with van der Waals surface area (Å²) in [5, 5.41) is 0. The molecule has 31 valence electrons. The molecule has 0 aromatic rings. The minimum atomic E-state index is -2.62. The van der Waals surface area contributed by atoms with Crippen LogP contribution in [0.15, 0.2) is 0 Å². The summed E-state index contributed by atoms with van der Waals surface area (Å²) < 4.78 is 17.1. The van der Waals surface area contributed by atoms with E-state index in [0.29, 0.717) is 0 Å². The van der Waals surface area contributed by atoms with Crippen molar-refractivity contribution in [2.75, 3.05) is 0 Å². The summed E-state index contributed by atoms with van der Waals surface area (Å²) in [6, 6.07) is 0. The van der Waals surface area contributed by atoms with Gasteiger partial charge in [0.2, 0.25) is 0 Å². The van der Waals surface area contributed by atoms with E-state index in [9.17, 15) is 3.93 Å². The van der Waals surface area contributed by atoms with Gasteiger partial charge in [0.1, 0.15) is 0 Å². The Morgan fingerprint density at radius 1 is 1.33 bits per heavy atom.